The summed E-state index contributed by atoms with van der Waals surface area (Å²) in [5.74, 6) is 3.83. The molecule has 232 valence electrons. The summed E-state index contributed by atoms with van der Waals surface area (Å²) in [6.45, 7) is 16.7. The summed E-state index contributed by atoms with van der Waals surface area (Å²) in [6.07, 6.45) is 10.9. The molecular weight excluding hydrogens is 536 g/mol. The summed E-state index contributed by atoms with van der Waals surface area (Å²) < 4.78 is 0. The van der Waals surface area contributed by atoms with Crippen molar-refractivity contribution in [2.24, 2.45) is 52.3 Å². The van der Waals surface area contributed by atoms with Gasteiger partial charge in [-0.25, -0.2) is 0 Å². The van der Waals surface area contributed by atoms with Crippen LogP contribution in [0.3, 0.4) is 0 Å². The highest BCUT2D eigenvalue weighted by atomic mass is 32.1. The molecule has 0 saturated heterocycles. The van der Waals surface area contributed by atoms with Gasteiger partial charge in [0.05, 0.1) is 12.2 Å². The Kier molecular flexibility index (Phi) is 8.23. The lowest BCUT2D eigenvalue weighted by Gasteiger charge is -2.64. The number of benzene rings is 1. The Labute approximate surface area is 259 Å². The molecule has 0 radical (unpaired) electrons. The maximum atomic E-state index is 12.0. The van der Waals surface area contributed by atoms with E-state index in [-0.39, 0.29) is 23.0 Å². The topological polar surface area (TPSA) is 66.2 Å². The van der Waals surface area contributed by atoms with Gasteiger partial charge in [0.2, 0.25) is 0 Å². The van der Waals surface area contributed by atoms with Gasteiger partial charge < -0.3 is 10.2 Å². The van der Waals surface area contributed by atoms with Crippen molar-refractivity contribution in [3.8, 4) is 10.6 Å². The largest absolute Gasteiger partial charge is 0.393 e. The predicted octanol–water partition coefficient (Wildman–Crippen LogP) is 8.70. The van der Waals surface area contributed by atoms with Crippen molar-refractivity contribution in [3.63, 3.8) is 0 Å². The molecule has 2 N–H and O–H groups in total. The fourth-order valence-corrected chi connectivity index (χ4v) is 11.9. The maximum Gasteiger partial charge on any atom is 0.147 e. The second-order valence-electron chi connectivity index (χ2n) is 16.5. The third-order valence-electron chi connectivity index (χ3n) is 13.4. The van der Waals surface area contributed by atoms with Gasteiger partial charge in [0, 0.05) is 12.0 Å². The number of rotatable bonds is 6. The molecule has 1 heterocycles. The van der Waals surface area contributed by atoms with Gasteiger partial charge in [0.15, 0.2) is 0 Å². The summed E-state index contributed by atoms with van der Waals surface area (Å²) in [5.41, 5.74) is 3.26. The number of hydrogen-bond donors (Lipinski definition) is 2. The molecule has 4 nitrogen and oxygen atoms in total. The van der Waals surface area contributed by atoms with Crippen molar-refractivity contribution in [1.29, 1.82) is 0 Å². The quantitative estimate of drug-likeness (QED) is 0.352. The minimum atomic E-state index is -0.209. The Morgan fingerprint density at radius 1 is 0.929 bits per heavy atom. The standard InChI is InChI=1S/C37H56N2O2S/c1-8-26-30-21-25(40)17-19-37(30,7)29-18-20-36(6)27(14-15-28(36)32(29)33(26)41)22(2)9-16-31-38-39-34(42-31)23-10-12-24(13-11-23)35(3,4)5/h10-13,22,25-30,32-33,40-41H,8-9,14-21H2,1-7H3/t22-,25-,26-,27-,28+,29+,30?,32?,33-,36?,37?/m1/s1. The highest BCUT2D eigenvalue weighted by molar-refractivity contribution is 7.14. The Balaban J connectivity index is 1.14. The van der Waals surface area contributed by atoms with Gasteiger partial charge in [-0.15, -0.1) is 10.2 Å². The van der Waals surface area contributed by atoms with Gasteiger partial charge in [-0.3, -0.25) is 0 Å². The monoisotopic (exact) mass is 592 g/mol. The van der Waals surface area contributed by atoms with E-state index in [9.17, 15) is 10.2 Å². The number of aliphatic hydroxyl groups excluding tert-OH is 2. The van der Waals surface area contributed by atoms with Crippen molar-refractivity contribution >= 4 is 11.3 Å². The second-order valence-corrected chi connectivity index (χ2v) is 17.5. The van der Waals surface area contributed by atoms with Gasteiger partial charge >= 0.3 is 0 Å². The highest BCUT2D eigenvalue weighted by Gasteiger charge is 2.64. The average molecular weight is 593 g/mol. The molecular formula is C37H56N2O2S. The van der Waals surface area contributed by atoms with Crippen LogP contribution in [-0.4, -0.2) is 32.6 Å². The first-order valence-electron chi connectivity index (χ1n) is 17.2. The molecule has 0 bridgehead atoms. The van der Waals surface area contributed by atoms with Crippen LogP contribution in [0, 0.1) is 52.3 Å². The van der Waals surface area contributed by atoms with E-state index in [1.807, 2.05) is 0 Å². The first kappa shape index (κ1) is 30.7. The summed E-state index contributed by atoms with van der Waals surface area (Å²) in [4.78, 5) is 0. The van der Waals surface area contributed by atoms with E-state index >= 15 is 0 Å². The molecule has 6 rings (SSSR count). The minimum absolute atomic E-state index is 0.155. The third-order valence-corrected chi connectivity index (χ3v) is 14.5. The molecule has 1 aromatic carbocycles. The molecule has 2 aromatic rings. The molecule has 4 fully saturated rings. The molecule has 42 heavy (non-hydrogen) atoms. The van der Waals surface area contributed by atoms with Gasteiger partial charge in [-0.05, 0) is 115 Å². The van der Waals surface area contributed by atoms with E-state index in [1.54, 1.807) is 11.3 Å². The lowest BCUT2D eigenvalue weighted by molar-refractivity contribution is -0.203. The Bertz CT molecular complexity index is 1240. The molecule has 4 aliphatic carbocycles. The van der Waals surface area contributed by atoms with E-state index in [0.29, 0.717) is 46.8 Å². The smallest absolute Gasteiger partial charge is 0.147 e. The fourth-order valence-electron chi connectivity index (χ4n) is 11.1. The van der Waals surface area contributed by atoms with Crippen LogP contribution in [0.1, 0.15) is 117 Å². The zero-order valence-corrected chi connectivity index (χ0v) is 28.1. The van der Waals surface area contributed by atoms with Crippen LogP contribution in [0.5, 0.6) is 0 Å². The van der Waals surface area contributed by atoms with E-state index in [0.717, 1.165) is 48.5 Å². The van der Waals surface area contributed by atoms with Crippen molar-refractivity contribution in [1.82, 2.24) is 10.2 Å². The maximum absolute atomic E-state index is 12.0. The summed E-state index contributed by atoms with van der Waals surface area (Å²) >= 11 is 1.76. The number of fused-ring (bicyclic) bond motifs is 5. The van der Waals surface area contributed by atoms with Crippen LogP contribution in [0.2, 0.25) is 0 Å². The lowest BCUT2D eigenvalue weighted by atomic mass is 9.41. The van der Waals surface area contributed by atoms with Gasteiger partial charge in [0.25, 0.3) is 0 Å². The molecule has 1 aromatic heterocycles. The van der Waals surface area contributed by atoms with Crippen LogP contribution >= 0.6 is 11.3 Å². The molecule has 0 amide bonds. The van der Waals surface area contributed by atoms with Gasteiger partial charge in [-0.1, -0.05) is 90.5 Å². The summed E-state index contributed by atoms with van der Waals surface area (Å²) in [5, 5.41) is 34.0. The van der Waals surface area contributed by atoms with Crippen LogP contribution in [0.15, 0.2) is 24.3 Å². The summed E-state index contributed by atoms with van der Waals surface area (Å²) in [6, 6.07) is 8.86. The van der Waals surface area contributed by atoms with E-state index < -0.39 is 0 Å². The molecule has 5 heteroatoms. The Hall–Kier alpha value is -1.30. The van der Waals surface area contributed by atoms with Crippen LogP contribution in [-0.2, 0) is 11.8 Å². The third kappa shape index (κ3) is 5.11. The average Bonchev–Trinajstić information content (AvgIpc) is 3.57. The van der Waals surface area contributed by atoms with Gasteiger partial charge in [0.1, 0.15) is 10.0 Å². The Morgan fingerprint density at radius 3 is 2.31 bits per heavy atom. The zero-order valence-electron chi connectivity index (χ0n) is 27.3. The normalized spacial score (nSPS) is 40.7. The number of aromatic nitrogens is 2. The van der Waals surface area contributed by atoms with Gasteiger partial charge in [-0.2, -0.15) is 0 Å². The number of aliphatic hydroxyl groups is 2. The molecule has 4 aliphatic rings. The van der Waals surface area contributed by atoms with Crippen LogP contribution in [0.25, 0.3) is 10.6 Å². The first-order chi connectivity index (χ1) is 19.9. The van der Waals surface area contributed by atoms with E-state index in [1.165, 1.54) is 36.8 Å². The van der Waals surface area contributed by atoms with E-state index in [2.05, 4.69) is 82.9 Å². The Morgan fingerprint density at radius 2 is 1.62 bits per heavy atom. The molecule has 4 saturated carbocycles. The lowest BCUT2D eigenvalue weighted by Crippen LogP contribution is -2.62. The number of nitrogens with zero attached hydrogens (tertiary/aromatic N) is 2. The molecule has 0 aliphatic heterocycles. The van der Waals surface area contributed by atoms with Crippen LogP contribution < -0.4 is 0 Å². The zero-order chi connectivity index (χ0) is 30.0. The van der Waals surface area contributed by atoms with Crippen molar-refractivity contribution < 1.29 is 10.2 Å². The van der Waals surface area contributed by atoms with Crippen LogP contribution in [0.4, 0.5) is 0 Å². The fraction of sp³-hybridized carbons (Fsp3) is 0.784. The van der Waals surface area contributed by atoms with Crippen molar-refractivity contribution in [2.45, 2.75) is 130 Å². The minimum Gasteiger partial charge on any atom is -0.393 e. The van der Waals surface area contributed by atoms with Crippen molar-refractivity contribution in [3.05, 3.63) is 34.8 Å². The second kappa shape index (κ2) is 11.2. The highest BCUT2D eigenvalue weighted by Crippen LogP contribution is 2.69. The van der Waals surface area contributed by atoms with E-state index in [4.69, 9.17) is 0 Å². The first-order valence-corrected chi connectivity index (χ1v) is 18.0. The number of hydrogen-bond acceptors (Lipinski definition) is 5. The predicted molar refractivity (Wildman–Crippen MR) is 173 cm³/mol. The molecule has 11 atom stereocenters. The SMILES string of the molecule is CC[C@@H]1C2C[C@H](O)CCC2(C)[C@H]2CCC3(C)[C@@H]([C@H](C)CCc4nnc(-c5ccc(C(C)(C)C)cc5)s4)CC[C@H]3C2[C@@H]1O. The van der Waals surface area contributed by atoms with Crippen molar-refractivity contribution in [2.75, 3.05) is 0 Å². The number of aryl methyl sites for hydroxylation is 1. The summed E-state index contributed by atoms with van der Waals surface area (Å²) in [7, 11) is 0. The molecule has 4 unspecified atom stereocenters. The molecule has 0 spiro atoms.